The van der Waals surface area contributed by atoms with E-state index in [0.29, 0.717) is 11.7 Å². The molecule has 1 radical (unpaired) electrons. The molecule has 2 aromatic carbocycles. The summed E-state index contributed by atoms with van der Waals surface area (Å²) in [6.07, 6.45) is 1.77. The summed E-state index contributed by atoms with van der Waals surface area (Å²) in [4.78, 5) is 4.46. The number of aromatic amines is 1. The Morgan fingerprint density at radius 1 is 1.14 bits per heavy atom. The largest absolute Gasteiger partial charge is 0.336 e. The van der Waals surface area contributed by atoms with Crippen molar-refractivity contribution in [3.05, 3.63) is 54.2 Å². The molecule has 4 aromatic rings. The minimum atomic E-state index is 0. The zero-order valence-electron chi connectivity index (χ0n) is 11.9. The van der Waals surface area contributed by atoms with Gasteiger partial charge in [-0.1, -0.05) is 17.6 Å². The smallest absolute Gasteiger partial charge is 0.233 e. The topological polar surface area (TPSA) is 67.6 Å². The van der Waals surface area contributed by atoms with Gasteiger partial charge in [0.25, 0.3) is 0 Å². The third-order valence-corrected chi connectivity index (χ3v) is 3.32. The van der Waals surface area contributed by atoms with Crippen molar-refractivity contribution in [3.63, 3.8) is 0 Å². The van der Waals surface area contributed by atoms with Gasteiger partial charge in [-0.2, -0.15) is 39.9 Å². The first-order chi connectivity index (χ1) is 10.3. The Morgan fingerprint density at radius 2 is 2.05 bits per heavy atom. The molecule has 0 aliphatic carbocycles. The number of nitrogens with one attached hydrogen (secondary N) is 1. The fraction of sp³-hybridized carbons (Fsp3) is 0.0625. The Hall–Kier alpha value is -1.85. The molecule has 0 aliphatic rings. The average Bonchev–Trinajstić information content (AvgIpc) is 3.15. The maximum atomic E-state index is 5.36. The maximum absolute atomic E-state index is 5.36. The molecule has 0 bridgehead atoms. The number of H-pyrrole nitrogens is 1. The Bertz CT molecular complexity index is 928. The van der Waals surface area contributed by atoms with Crippen molar-refractivity contribution >= 4 is 10.9 Å². The number of hydrogen-bond acceptors (Lipinski definition) is 4. The van der Waals surface area contributed by atoms with E-state index in [-0.39, 0.29) is 32.7 Å². The van der Waals surface area contributed by atoms with Gasteiger partial charge in [-0.05, 0) is 18.2 Å². The second kappa shape index (κ2) is 6.11. The molecule has 0 amide bonds. The first kappa shape index (κ1) is 15.1. The maximum Gasteiger partial charge on any atom is 0.233 e. The third kappa shape index (κ3) is 2.74. The second-order valence-electron chi connectivity index (χ2n) is 4.86. The van der Waals surface area contributed by atoms with Gasteiger partial charge in [-0.3, -0.25) is 5.10 Å². The van der Waals surface area contributed by atoms with Crippen LogP contribution in [0.3, 0.4) is 0 Å². The van der Waals surface area contributed by atoms with Crippen LogP contribution in [-0.4, -0.2) is 20.3 Å². The van der Waals surface area contributed by atoms with Crippen LogP contribution < -0.4 is 0 Å². The molecule has 0 fully saturated rings. The van der Waals surface area contributed by atoms with Gasteiger partial charge >= 0.3 is 0 Å². The molecular weight excluding hydrogens is 353 g/mol. The molecular formula is C16H11N4OY-. The Morgan fingerprint density at radius 3 is 2.91 bits per heavy atom. The van der Waals surface area contributed by atoms with E-state index in [1.54, 1.807) is 6.20 Å². The van der Waals surface area contributed by atoms with E-state index in [0.717, 1.165) is 27.6 Å². The number of nitrogens with zero attached hydrogens (tertiary/aromatic N) is 3. The third-order valence-electron chi connectivity index (χ3n) is 3.32. The summed E-state index contributed by atoms with van der Waals surface area (Å²) in [7, 11) is 0. The minimum absolute atomic E-state index is 0. The van der Waals surface area contributed by atoms with E-state index < -0.39 is 0 Å². The van der Waals surface area contributed by atoms with Crippen molar-refractivity contribution in [2.24, 2.45) is 0 Å². The van der Waals surface area contributed by atoms with Crippen LogP contribution in [0.2, 0.25) is 0 Å². The standard InChI is InChI=1S/C16H11N4O.Y/c1-10-3-2-4-12(7-10)16-18-15(20-21-16)11-5-6-14-13(8-11)9-17-19-14;/h2,4-9H,1H3,(H,17,19);/q-1;. The summed E-state index contributed by atoms with van der Waals surface area (Å²) in [5.41, 5.74) is 3.82. The van der Waals surface area contributed by atoms with E-state index in [4.69, 9.17) is 4.52 Å². The van der Waals surface area contributed by atoms with Gasteiger partial charge in [0.2, 0.25) is 11.7 Å². The van der Waals surface area contributed by atoms with Crippen LogP contribution in [0.15, 0.2) is 47.1 Å². The molecule has 4 rings (SSSR count). The molecule has 1 N–H and O–H groups in total. The van der Waals surface area contributed by atoms with E-state index in [2.05, 4.69) is 26.4 Å². The van der Waals surface area contributed by atoms with Crippen molar-refractivity contribution < 1.29 is 37.2 Å². The van der Waals surface area contributed by atoms with Crippen molar-refractivity contribution in [3.8, 4) is 22.8 Å². The summed E-state index contributed by atoms with van der Waals surface area (Å²) < 4.78 is 5.36. The molecule has 5 nitrogen and oxygen atoms in total. The fourth-order valence-corrected chi connectivity index (χ4v) is 2.26. The van der Waals surface area contributed by atoms with Crippen molar-refractivity contribution in [2.45, 2.75) is 6.92 Å². The molecule has 0 saturated heterocycles. The second-order valence-corrected chi connectivity index (χ2v) is 4.86. The molecule has 6 heteroatoms. The van der Waals surface area contributed by atoms with Gasteiger partial charge in [0.1, 0.15) is 0 Å². The van der Waals surface area contributed by atoms with Crippen LogP contribution in [0, 0.1) is 13.0 Å². The Kier molecular flexibility index (Phi) is 4.18. The molecule has 0 unspecified atom stereocenters. The number of hydrogen-bond donors (Lipinski definition) is 1. The summed E-state index contributed by atoms with van der Waals surface area (Å²) in [6, 6.07) is 14.7. The van der Waals surface area contributed by atoms with Crippen LogP contribution in [0.1, 0.15) is 5.56 Å². The number of aromatic nitrogens is 4. The first-order valence-electron chi connectivity index (χ1n) is 6.55. The molecule has 2 heterocycles. The van der Waals surface area contributed by atoms with Crippen molar-refractivity contribution in [1.29, 1.82) is 0 Å². The molecule has 0 saturated carbocycles. The normalized spacial score (nSPS) is 10.6. The van der Waals surface area contributed by atoms with Crippen LogP contribution in [0.25, 0.3) is 33.7 Å². The quantitative estimate of drug-likeness (QED) is 0.554. The summed E-state index contributed by atoms with van der Waals surface area (Å²) >= 11 is 0. The van der Waals surface area contributed by atoms with Gasteiger partial charge in [-0.15, -0.1) is 0 Å². The van der Waals surface area contributed by atoms with Crippen LogP contribution >= 0.6 is 0 Å². The number of fused-ring (bicyclic) bond motifs is 1. The summed E-state index contributed by atoms with van der Waals surface area (Å²) in [5.74, 6) is 1.08. The molecule has 2 aromatic heterocycles. The fourth-order valence-electron chi connectivity index (χ4n) is 2.26. The number of aryl methyl sites for hydroxylation is 1. The van der Waals surface area contributed by atoms with Gasteiger partial charge < -0.3 is 4.52 Å². The van der Waals surface area contributed by atoms with E-state index in [1.165, 1.54) is 0 Å². The minimum Gasteiger partial charge on any atom is -0.336 e. The number of benzene rings is 2. The summed E-state index contributed by atoms with van der Waals surface area (Å²) in [6.45, 7) is 1.98. The SMILES string of the molecule is Cc1[c-]ccc(-c2nc(-c3ccc4[nH]ncc4c3)no2)c1.[Y]. The van der Waals surface area contributed by atoms with Crippen LogP contribution in [0.5, 0.6) is 0 Å². The van der Waals surface area contributed by atoms with E-state index in [1.807, 2.05) is 43.3 Å². The van der Waals surface area contributed by atoms with E-state index in [9.17, 15) is 0 Å². The number of rotatable bonds is 2. The molecule has 0 aliphatic heterocycles. The monoisotopic (exact) mass is 364 g/mol. The Labute approximate surface area is 152 Å². The Balaban J connectivity index is 0.00000144. The average molecular weight is 364 g/mol. The van der Waals surface area contributed by atoms with Crippen LogP contribution in [0.4, 0.5) is 0 Å². The van der Waals surface area contributed by atoms with Gasteiger partial charge in [0, 0.05) is 43.7 Å². The van der Waals surface area contributed by atoms with Gasteiger partial charge in [-0.25, -0.2) is 0 Å². The van der Waals surface area contributed by atoms with Crippen LogP contribution in [-0.2, 0) is 32.7 Å². The molecule has 105 valence electrons. The first-order valence-corrected chi connectivity index (χ1v) is 6.55. The summed E-state index contributed by atoms with van der Waals surface area (Å²) in [5, 5.41) is 12.0. The molecule has 22 heavy (non-hydrogen) atoms. The molecule has 0 atom stereocenters. The zero-order valence-corrected chi connectivity index (χ0v) is 14.7. The van der Waals surface area contributed by atoms with Gasteiger partial charge in [0.05, 0.1) is 11.7 Å². The van der Waals surface area contributed by atoms with Crippen molar-refractivity contribution in [2.75, 3.05) is 0 Å². The van der Waals surface area contributed by atoms with E-state index >= 15 is 0 Å². The molecule has 0 spiro atoms. The zero-order chi connectivity index (χ0) is 14.2. The van der Waals surface area contributed by atoms with Gasteiger partial charge in [0.15, 0.2) is 0 Å². The predicted octanol–water partition coefficient (Wildman–Crippen LogP) is 3.39. The predicted molar refractivity (Wildman–Crippen MR) is 78.4 cm³/mol. The van der Waals surface area contributed by atoms with Crippen molar-refractivity contribution in [1.82, 2.24) is 20.3 Å².